The fourth-order valence-electron chi connectivity index (χ4n) is 4.27. The van der Waals surface area contributed by atoms with Gasteiger partial charge in [-0.2, -0.15) is 5.26 Å². The summed E-state index contributed by atoms with van der Waals surface area (Å²) in [7, 11) is 0. The fraction of sp³-hybridized carbons (Fsp3) is 0.360. The van der Waals surface area contributed by atoms with Crippen molar-refractivity contribution in [2.24, 2.45) is 10.4 Å². The van der Waals surface area contributed by atoms with Crippen molar-refractivity contribution in [3.05, 3.63) is 66.0 Å². The lowest BCUT2D eigenvalue weighted by atomic mass is 9.80. The van der Waals surface area contributed by atoms with Crippen LogP contribution in [0.2, 0.25) is 0 Å². The number of hydrogen-bond donors (Lipinski definition) is 2. The number of nitriles is 1. The van der Waals surface area contributed by atoms with Crippen LogP contribution in [0, 0.1) is 16.7 Å². The van der Waals surface area contributed by atoms with Gasteiger partial charge in [-0.05, 0) is 49.1 Å². The summed E-state index contributed by atoms with van der Waals surface area (Å²) < 4.78 is 0. The third kappa shape index (κ3) is 4.51. The van der Waals surface area contributed by atoms with Gasteiger partial charge in [-0.1, -0.05) is 38.0 Å². The summed E-state index contributed by atoms with van der Waals surface area (Å²) in [5.41, 5.74) is 1.78. The topological polar surface area (TPSA) is 90.2 Å². The minimum Gasteiger partial charge on any atom is -0.369 e. The Morgan fingerprint density at radius 2 is 1.97 bits per heavy atom. The molecule has 0 saturated heterocycles. The van der Waals surface area contributed by atoms with Crippen LogP contribution >= 0.6 is 0 Å². The molecule has 2 aromatic rings. The van der Waals surface area contributed by atoms with E-state index in [9.17, 15) is 10.1 Å². The Bertz CT molecular complexity index is 1040. The number of amides is 1. The Balaban J connectivity index is 1.45. The lowest BCUT2D eigenvalue weighted by Gasteiger charge is -2.26. The van der Waals surface area contributed by atoms with E-state index in [1.165, 1.54) is 0 Å². The van der Waals surface area contributed by atoms with Crippen LogP contribution in [0.4, 0.5) is 11.5 Å². The first-order chi connectivity index (χ1) is 15.0. The molecule has 1 aliphatic heterocycles. The molecule has 2 heterocycles. The molecule has 1 saturated carbocycles. The molecule has 6 nitrogen and oxygen atoms in total. The molecule has 31 heavy (non-hydrogen) atoms. The molecule has 6 heteroatoms. The summed E-state index contributed by atoms with van der Waals surface area (Å²) in [6, 6.07) is 13.7. The van der Waals surface area contributed by atoms with E-state index in [4.69, 9.17) is 0 Å². The number of rotatable bonds is 6. The van der Waals surface area contributed by atoms with Crippen LogP contribution in [0.1, 0.15) is 54.9 Å². The highest BCUT2D eigenvalue weighted by molar-refractivity contribution is 6.07. The minimum atomic E-state index is -0.378. The average Bonchev–Trinajstić information content (AvgIpc) is 3.29. The molecule has 0 spiro atoms. The molecule has 1 atom stereocenters. The first-order valence-corrected chi connectivity index (χ1v) is 10.8. The van der Waals surface area contributed by atoms with Gasteiger partial charge in [0.2, 0.25) is 0 Å². The predicted octanol–water partition coefficient (Wildman–Crippen LogP) is 5.08. The summed E-state index contributed by atoms with van der Waals surface area (Å²) >= 11 is 0. The summed E-state index contributed by atoms with van der Waals surface area (Å²) in [4.78, 5) is 21.5. The van der Waals surface area contributed by atoms with Crippen LogP contribution in [-0.4, -0.2) is 23.7 Å². The number of aliphatic imine (C=N–C) groups is 1. The first-order valence-electron chi connectivity index (χ1n) is 10.8. The largest absolute Gasteiger partial charge is 0.369 e. The van der Waals surface area contributed by atoms with Crippen LogP contribution in [0.25, 0.3) is 0 Å². The molecule has 0 bridgehead atoms. The highest BCUT2D eigenvalue weighted by Crippen LogP contribution is 2.40. The molecule has 1 fully saturated rings. The fourth-order valence-corrected chi connectivity index (χ4v) is 4.27. The number of anilines is 2. The smallest absolute Gasteiger partial charge is 0.259 e. The number of nitrogens with zero attached hydrogens (tertiary/aromatic N) is 3. The first kappa shape index (κ1) is 20.8. The number of hydrogen-bond acceptors (Lipinski definition) is 5. The number of pyridine rings is 1. The summed E-state index contributed by atoms with van der Waals surface area (Å²) in [5, 5.41) is 16.0. The Labute approximate surface area is 183 Å². The van der Waals surface area contributed by atoms with Gasteiger partial charge >= 0.3 is 0 Å². The average molecular weight is 414 g/mol. The van der Waals surface area contributed by atoms with Crippen LogP contribution in [0.15, 0.2) is 59.9 Å². The number of carbonyl (C=O) groups is 1. The van der Waals surface area contributed by atoms with E-state index in [1.54, 1.807) is 18.3 Å². The molecular formula is C25H27N5O. The Morgan fingerprint density at radius 3 is 2.65 bits per heavy atom. The predicted molar refractivity (Wildman–Crippen MR) is 123 cm³/mol. The van der Waals surface area contributed by atoms with Gasteiger partial charge in [-0.15, -0.1) is 0 Å². The molecule has 1 aliphatic carbocycles. The summed E-state index contributed by atoms with van der Waals surface area (Å²) in [6.07, 6.45) is 12.3. The van der Waals surface area contributed by atoms with Gasteiger partial charge in [-0.3, -0.25) is 9.79 Å². The molecule has 4 rings (SSSR count). The summed E-state index contributed by atoms with van der Waals surface area (Å²) in [6.45, 7) is 2.79. The van der Waals surface area contributed by atoms with Gasteiger partial charge in [0, 0.05) is 36.3 Å². The van der Waals surface area contributed by atoms with Crippen LogP contribution in [0.3, 0.4) is 0 Å². The zero-order chi connectivity index (χ0) is 21.7. The van der Waals surface area contributed by atoms with Crippen molar-refractivity contribution in [2.45, 2.75) is 44.4 Å². The quantitative estimate of drug-likeness (QED) is 0.691. The maximum Gasteiger partial charge on any atom is 0.259 e. The second-order valence-corrected chi connectivity index (χ2v) is 8.69. The molecule has 158 valence electrons. The monoisotopic (exact) mass is 413 g/mol. The van der Waals surface area contributed by atoms with Gasteiger partial charge < -0.3 is 10.6 Å². The highest BCUT2D eigenvalue weighted by Gasteiger charge is 2.35. The molecule has 1 aromatic carbocycles. The van der Waals surface area contributed by atoms with Crippen molar-refractivity contribution in [1.29, 1.82) is 5.26 Å². The zero-order valence-corrected chi connectivity index (χ0v) is 17.8. The van der Waals surface area contributed by atoms with Crippen molar-refractivity contribution in [2.75, 3.05) is 17.2 Å². The van der Waals surface area contributed by atoms with E-state index >= 15 is 0 Å². The lowest BCUT2D eigenvalue weighted by molar-refractivity contribution is 0.102. The van der Waals surface area contributed by atoms with Crippen LogP contribution in [-0.2, 0) is 5.41 Å². The van der Waals surface area contributed by atoms with Crippen LogP contribution < -0.4 is 10.6 Å². The Morgan fingerprint density at radius 1 is 1.19 bits per heavy atom. The Hall–Kier alpha value is -3.46. The molecular weight excluding hydrogens is 386 g/mol. The minimum absolute atomic E-state index is 0.0697. The third-order valence-corrected chi connectivity index (χ3v) is 6.30. The van der Waals surface area contributed by atoms with Crippen molar-refractivity contribution in [3.8, 4) is 6.07 Å². The third-order valence-electron chi connectivity index (χ3n) is 6.30. The normalized spacial score (nSPS) is 21.4. The van der Waals surface area contributed by atoms with Gasteiger partial charge in [0.15, 0.2) is 0 Å². The van der Waals surface area contributed by atoms with Gasteiger partial charge in [-0.25, -0.2) is 4.98 Å². The molecule has 2 aliphatic rings. The van der Waals surface area contributed by atoms with Gasteiger partial charge in [0.05, 0.1) is 17.0 Å². The highest BCUT2D eigenvalue weighted by atomic mass is 16.1. The van der Waals surface area contributed by atoms with Crippen LogP contribution in [0.5, 0.6) is 0 Å². The molecule has 2 N–H and O–H groups in total. The SMILES string of the molecule is CC1(CNc2ncccc2C(=O)Nc2ccc(C3(C#N)CCCC3)cc2)C=CN=CC1. The molecule has 1 aromatic heterocycles. The van der Waals surface area contributed by atoms with E-state index in [0.717, 1.165) is 37.7 Å². The van der Waals surface area contributed by atoms with Gasteiger partial charge in [0.25, 0.3) is 5.91 Å². The van der Waals surface area contributed by atoms with Gasteiger partial charge in [0.1, 0.15) is 5.82 Å². The molecule has 1 unspecified atom stereocenters. The summed E-state index contributed by atoms with van der Waals surface area (Å²) in [5.74, 6) is 0.341. The number of carbonyl (C=O) groups excluding carboxylic acids is 1. The standard InChI is InChI=1S/C25H27N5O/c1-24(12-15-27-16-13-24)18-29-22-21(5-4-14-28-22)23(31)30-20-8-6-19(7-9-20)25(17-26)10-2-3-11-25/h4-9,12,14-16H,2-3,10-11,13,18H2,1H3,(H,28,29)(H,30,31). The van der Waals surface area contributed by atoms with E-state index in [1.807, 2.05) is 36.7 Å². The van der Waals surface area contributed by atoms with Crippen molar-refractivity contribution in [3.63, 3.8) is 0 Å². The second-order valence-electron chi connectivity index (χ2n) is 8.69. The maximum atomic E-state index is 12.9. The van der Waals surface area contributed by atoms with Crippen molar-refractivity contribution in [1.82, 2.24) is 4.98 Å². The number of benzene rings is 1. The lowest BCUT2D eigenvalue weighted by Crippen LogP contribution is -2.27. The van der Waals surface area contributed by atoms with E-state index in [2.05, 4.69) is 39.7 Å². The molecule has 1 amide bonds. The zero-order valence-electron chi connectivity index (χ0n) is 17.8. The maximum absolute atomic E-state index is 12.9. The van der Waals surface area contributed by atoms with E-state index in [0.29, 0.717) is 23.6 Å². The Kier molecular flexibility index (Phi) is 5.85. The number of nitrogens with one attached hydrogen (secondary N) is 2. The number of aromatic nitrogens is 1. The second kappa shape index (κ2) is 8.73. The van der Waals surface area contributed by atoms with Crippen molar-refractivity contribution >= 4 is 23.6 Å². The van der Waals surface area contributed by atoms with Crippen molar-refractivity contribution < 1.29 is 4.79 Å². The van der Waals surface area contributed by atoms with E-state index in [-0.39, 0.29) is 16.7 Å². The molecule has 0 radical (unpaired) electrons. The van der Waals surface area contributed by atoms with E-state index < -0.39 is 0 Å².